The molecular formula is C18H25N3O3. The van der Waals surface area contributed by atoms with Crippen molar-refractivity contribution in [2.75, 3.05) is 0 Å². The van der Waals surface area contributed by atoms with Gasteiger partial charge < -0.3 is 16.4 Å². The number of amides is 3. The largest absolute Gasteiger partial charge is 0.368 e. The second-order valence-corrected chi connectivity index (χ2v) is 7.27. The summed E-state index contributed by atoms with van der Waals surface area (Å²) in [6, 6.07) is 6.55. The Morgan fingerprint density at radius 3 is 2.38 bits per heavy atom. The molecule has 0 aliphatic carbocycles. The van der Waals surface area contributed by atoms with Crippen LogP contribution in [0.15, 0.2) is 24.3 Å². The minimum absolute atomic E-state index is 0.0521. The summed E-state index contributed by atoms with van der Waals surface area (Å²) in [6.45, 7) is 6.39. The van der Waals surface area contributed by atoms with Crippen molar-refractivity contribution in [3.8, 4) is 0 Å². The molecule has 2 rings (SSSR count). The van der Waals surface area contributed by atoms with E-state index in [0.29, 0.717) is 19.3 Å². The summed E-state index contributed by atoms with van der Waals surface area (Å²) < 4.78 is 0. The van der Waals surface area contributed by atoms with E-state index in [1.54, 1.807) is 0 Å². The van der Waals surface area contributed by atoms with E-state index in [-0.39, 0.29) is 17.2 Å². The van der Waals surface area contributed by atoms with E-state index in [4.69, 9.17) is 5.73 Å². The maximum atomic E-state index is 12.1. The van der Waals surface area contributed by atoms with Gasteiger partial charge in [-0.3, -0.25) is 14.4 Å². The van der Waals surface area contributed by atoms with Gasteiger partial charge in [-0.2, -0.15) is 0 Å². The van der Waals surface area contributed by atoms with Crippen LogP contribution in [-0.2, 0) is 26.2 Å². The highest BCUT2D eigenvalue weighted by molar-refractivity contribution is 5.93. The predicted molar refractivity (Wildman–Crippen MR) is 91.1 cm³/mol. The first-order valence-electron chi connectivity index (χ1n) is 8.15. The van der Waals surface area contributed by atoms with Gasteiger partial charge in [-0.05, 0) is 23.0 Å². The Kier molecular flexibility index (Phi) is 5.26. The van der Waals surface area contributed by atoms with Gasteiger partial charge in [0.15, 0.2) is 0 Å². The first-order chi connectivity index (χ1) is 11.2. The molecule has 0 spiro atoms. The summed E-state index contributed by atoms with van der Waals surface area (Å²) in [7, 11) is 0. The number of carbonyl (C=O) groups excluding carboxylic acids is 3. The van der Waals surface area contributed by atoms with Gasteiger partial charge in [0.2, 0.25) is 17.7 Å². The maximum absolute atomic E-state index is 12.1. The standard InChI is InChI=1S/C18H25N3O3/c1-18(2,3)12-6-4-11(5-7-12)10-14(16(19)23)21-17(24)13-8-9-15(22)20-13/h4-7,13-14H,8-10H2,1-3H3,(H2,19,23)(H,20,22)(H,21,24)/t13-,14-/m1/s1. The van der Waals surface area contributed by atoms with Crippen molar-refractivity contribution in [2.45, 2.75) is 57.5 Å². The van der Waals surface area contributed by atoms with Crippen LogP contribution in [0.2, 0.25) is 0 Å². The maximum Gasteiger partial charge on any atom is 0.243 e. The highest BCUT2D eigenvalue weighted by atomic mass is 16.2. The molecule has 3 amide bonds. The van der Waals surface area contributed by atoms with Gasteiger partial charge in [-0.1, -0.05) is 45.0 Å². The number of hydrogen-bond donors (Lipinski definition) is 3. The van der Waals surface area contributed by atoms with Crippen LogP contribution in [-0.4, -0.2) is 29.8 Å². The summed E-state index contributed by atoms with van der Waals surface area (Å²) in [5.74, 6) is -1.10. The molecule has 130 valence electrons. The van der Waals surface area contributed by atoms with E-state index in [2.05, 4.69) is 31.4 Å². The van der Waals surface area contributed by atoms with Gasteiger partial charge in [0.1, 0.15) is 12.1 Å². The zero-order valence-corrected chi connectivity index (χ0v) is 14.4. The smallest absolute Gasteiger partial charge is 0.243 e. The average Bonchev–Trinajstić information content (AvgIpc) is 2.92. The minimum atomic E-state index is -0.796. The molecule has 0 bridgehead atoms. The van der Waals surface area contributed by atoms with E-state index in [1.165, 1.54) is 5.56 Å². The molecule has 1 heterocycles. The normalized spacial score (nSPS) is 18.8. The lowest BCUT2D eigenvalue weighted by atomic mass is 9.86. The van der Waals surface area contributed by atoms with Crippen LogP contribution in [0.4, 0.5) is 0 Å². The van der Waals surface area contributed by atoms with Crippen LogP contribution in [0.1, 0.15) is 44.7 Å². The molecule has 1 aliphatic heterocycles. The molecule has 4 N–H and O–H groups in total. The van der Waals surface area contributed by atoms with E-state index >= 15 is 0 Å². The number of primary amides is 1. The summed E-state index contributed by atoms with van der Waals surface area (Å²) in [4.78, 5) is 35.0. The number of nitrogens with one attached hydrogen (secondary N) is 2. The number of carbonyl (C=O) groups is 3. The molecule has 6 nitrogen and oxygen atoms in total. The average molecular weight is 331 g/mol. The number of rotatable bonds is 5. The first kappa shape index (κ1) is 18.0. The zero-order valence-electron chi connectivity index (χ0n) is 14.4. The Bertz CT molecular complexity index is 632. The van der Waals surface area contributed by atoms with Gasteiger partial charge >= 0.3 is 0 Å². The molecular weight excluding hydrogens is 306 g/mol. The summed E-state index contributed by atoms with van der Waals surface area (Å²) >= 11 is 0. The Hall–Kier alpha value is -2.37. The van der Waals surface area contributed by atoms with Crippen molar-refractivity contribution in [1.82, 2.24) is 10.6 Å². The third kappa shape index (κ3) is 4.57. The molecule has 0 aromatic heterocycles. The molecule has 1 saturated heterocycles. The van der Waals surface area contributed by atoms with Crippen LogP contribution < -0.4 is 16.4 Å². The fraction of sp³-hybridized carbons (Fsp3) is 0.500. The number of hydrogen-bond acceptors (Lipinski definition) is 3. The van der Waals surface area contributed by atoms with Crippen LogP contribution in [0.25, 0.3) is 0 Å². The van der Waals surface area contributed by atoms with E-state index < -0.39 is 18.0 Å². The Morgan fingerprint density at radius 1 is 1.29 bits per heavy atom. The van der Waals surface area contributed by atoms with Crippen LogP contribution in [0.5, 0.6) is 0 Å². The highest BCUT2D eigenvalue weighted by Gasteiger charge is 2.29. The lowest BCUT2D eigenvalue weighted by Crippen LogP contribution is -2.51. The van der Waals surface area contributed by atoms with Crippen molar-refractivity contribution in [3.63, 3.8) is 0 Å². The van der Waals surface area contributed by atoms with Crippen LogP contribution >= 0.6 is 0 Å². The number of benzene rings is 1. The third-order valence-corrected chi connectivity index (χ3v) is 4.23. The van der Waals surface area contributed by atoms with Gasteiger partial charge in [0.25, 0.3) is 0 Å². The van der Waals surface area contributed by atoms with Crippen molar-refractivity contribution in [3.05, 3.63) is 35.4 Å². The predicted octanol–water partition coefficient (Wildman–Crippen LogP) is 0.775. The van der Waals surface area contributed by atoms with Crippen molar-refractivity contribution in [2.24, 2.45) is 5.73 Å². The summed E-state index contributed by atoms with van der Waals surface area (Å²) in [6.07, 6.45) is 1.09. The van der Waals surface area contributed by atoms with Gasteiger partial charge in [-0.25, -0.2) is 0 Å². The molecule has 6 heteroatoms. The fourth-order valence-corrected chi connectivity index (χ4v) is 2.68. The molecule has 0 unspecified atom stereocenters. The molecule has 1 aromatic carbocycles. The molecule has 24 heavy (non-hydrogen) atoms. The minimum Gasteiger partial charge on any atom is -0.368 e. The fourth-order valence-electron chi connectivity index (χ4n) is 2.68. The van der Waals surface area contributed by atoms with Crippen LogP contribution in [0, 0.1) is 0 Å². The Labute approximate surface area is 142 Å². The lowest BCUT2D eigenvalue weighted by Gasteiger charge is -2.21. The van der Waals surface area contributed by atoms with Gasteiger partial charge in [-0.15, -0.1) is 0 Å². The molecule has 1 aromatic rings. The molecule has 0 radical (unpaired) electrons. The van der Waals surface area contributed by atoms with Crippen LogP contribution in [0.3, 0.4) is 0 Å². The first-order valence-corrected chi connectivity index (χ1v) is 8.15. The molecule has 2 atom stereocenters. The molecule has 1 fully saturated rings. The topological polar surface area (TPSA) is 101 Å². The molecule has 0 saturated carbocycles. The lowest BCUT2D eigenvalue weighted by molar-refractivity contribution is -0.129. The second kappa shape index (κ2) is 7.03. The van der Waals surface area contributed by atoms with Crippen molar-refractivity contribution in [1.29, 1.82) is 0 Å². The quantitative estimate of drug-likeness (QED) is 0.743. The highest BCUT2D eigenvalue weighted by Crippen LogP contribution is 2.22. The summed E-state index contributed by atoms with van der Waals surface area (Å²) in [5.41, 5.74) is 7.58. The van der Waals surface area contributed by atoms with E-state index in [1.807, 2.05) is 24.3 Å². The second-order valence-electron chi connectivity index (χ2n) is 7.27. The Morgan fingerprint density at radius 2 is 1.92 bits per heavy atom. The monoisotopic (exact) mass is 331 g/mol. The Balaban J connectivity index is 2.02. The number of nitrogens with two attached hydrogens (primary N) is 1. The summed E-state index contributed by atoms with van der Waals surface area (Å²) in [5, 5.41) is 5.23. The van der Waals surface area contributed by atoms with Gasteiger partial charge in [0, 0.05) is 12.8 Å². The zero-order chi connectivity index (χ0) is 17.9. The van der Waals surface area contributed by atoms with E-state index in [9.17, 15) is 14.4 Å². The SMILES string of the molecule is CC(C)(C)c1ccc(C[C@@H](NC(=O)[C@H]2CCC(=O)N2)C(N)=O)cc1. The van der Waals surface area contributed by atoms with Gasteiger partial charge in [0.05, 0.1) is 0 Å². The van der Waals surface area contributed by atoms with Crippen molar-refractivity contribution < 1.29 is 14.4 Å². The third-order valence-electron chi connectivity index (χ3n) is 4.23. The molecule has 1 aliphatic rings. The van der Waals surface area contributed by atoms with Crippen molar-refractivity contribution >= 4 is 17.7 Å². The van der Waals surface area contributed by atoms with E-state index in [0.717, 1.165) is 5.56 Å².